The molecule has 0 aromatic heterocycles. The zero-order chi connectivity index (χ0) is 28.9. The molecule has 0 saturated carbocycles. The lowest BCUT2D eigenvalue weighted by molar-refractivity contribution is 0.00955. The van der Waals surface area contributed by atoms with Gasteiger partial charge in [0.25, 0.3) is 5.91 Å². The minimum atomic E-state index is -0.626. The van der Waals surface area contributed by atoms with Gasteiger partial charge in [0, 0.05) is 41.0 Å². The van der Waals surface area contributed by atoms with Crippen LogP contribution in [0.1, 0.15) is 42.7 Å². The fourth-order valence-corrected chi connectivity index (χ4v) is 4.57. The highest BCUT2D eigenvalue weighted by molar-refractivity contribution is 9.10. The molecule has 210 valence electrons. The minimum absolute atomic E-state index is 0.256. The van der Waals surface area contributed by atoms with Crippen LogP contribution in [0.3, 0.4) is 0 Å². The van der Waals surface area contributed by atoms with Gasteiger partial charge < -0.3 is 29.9 Å². The molecular weight excluding hydrogens is 576 g/mol. The average Bonchev–Trinajstić information content (AvgIpc) is 2.92. The molecule has 1 aliphatic rings. The summed E-state index contributed by atoms with van der Waals surface area (Å²) in [7, 11) is 1.59. The van der Waals surface area contributed by atoms with E-state index in [4.69, 9.17) is 9.47 Å². The predicted molar refractivity (Wildman–Crippen MR) is 158 cm³/mol. The molecule has 1 saturated heterocycles. The molecule has 1 unspecified atom stereocenters. The lowest BCUT2D eigenvalue weighted by Crippen LogP contribution is -2.54. The summed E-state index contributed by atoms with van der Waals surface area (Å²) >= 11 is 3.37. The fourth-order valence-electron chi connectivity index (χ4n) is 4.30. The second-order valence-electron chi connectivity index (χ2n) is 10.4. The van der Waals surface area contributed by atoms with E-state index in [0.29, 0.717) is 35.8 Å². The summed E-state index contributed by atoms with van der Waals surface area (Å²) in [6.07, 6.45) is -0.416. The maximum Gasteiger partial charge on any atom is 0.410 e. The van der Waals surface area contributed by atoms with E-state index in [1.54, 1.807) is 65.4 Å². The number of amides is 4. The molecule has 3 aromatic carbocycles. The Morgan fingerprint density at radius 1 is 0.900 bits per heavy atom. The Kier molecular flexibility index (Phi) is 8.99. The molecule has 4 rings (SSSR count). The van der Waals surface area contributed by atoms with Crippen molar-refractivity contribution in [2.24, 2.45) is 0 Å². The number of ether oxygens (including phenoxy) is 2. The van der Waals surface area contributed by atoms with Crippen molar-refractivity contribution < 1.29 is 23.9 Å². The molecule has 10 heteroatoms. The van der Waals surface area contributed by atoms with E-state index in [0.717, 1.165) is 10.0 Å². The summed E-state index contributed by atoms with van der Waals surface area (Å²) in [6.45, 7) is 6.39. The maximum atomic E-state index is 13.5. The normalized spacial score (nSPS) is 15.3. The molecule has 1 heterocycles. The number of nitrogens with zero attached hydrogens (tertiary/aromatic N) is 2. The number of urea groups is 1. The van der Waals surface area contributed by atoms with Gasteiger partial charge in [-0.3, -0.25) is 4.79 Å². The van der Waals surface area contributed by atoms with Gasteiger partial charge in [0.15, 0.2) is 0 Å². The van der Waals surface area contributed by atoms with E-state index in [1.165, 1.54) is 0 Å². The highest BCUT2D eigenvalue weighted by Crippen LogP contribution is 2.29. The van der Waals surface area contributed by atoms with Crippen molar-refractivity contribution in [3.05, 3.63) is 88.4 Å². The van der Waals surface area contributed by atoms with Crippen LogP contribution >= 0.6 is 15.9 Å². The molecule has 3 aromatic rings. The molecule has 1 fully saturated rings. The van der Waals surface area contributed by atoms with Gasteiger partial charge in [0.05, 0.1) is 13.2 Å². The van der Waals surface area contributed by atoms with Gasteiger partial charge in [-0.1, -0.05) is 34.1 Å². The third-order valence-corrected chi connectivity index (χ3v) is 6.80. The number of hydrogen-bond acceptors (Lipinski definition) is 5. The molecule has 9 nitrogen and oxygen atoms in total. The van der Waals surface area contributed by atoms with E-state index in [1.807, 2.05) is 45.0 Å². The maximum absolute atomic E-state index is 13.5. The van der Waals surface area contributed by atoms with Crippen LogP contribution in [-0.4, -0.2) is 60.2 Å². The number of nitrogens with one attached hydrogen (secondary N) is 2. The zero-order valence-corrected chi connectivity index (χ0v) is 24.5. The number of anilines is 2. The van der Waals surface area contributed by atoms with Gasteiger partial charge in [-0.15, -0.1) is 0 Å². The van der Waals surface area contributed by atoms with Gasteiger partial charge in [-0.2, -0.15) is 0 Å². The van der Waals surface area contributed by atoms with Crippen molar-refractivity contribution in [3.63, 3.8) is 0 Å². The number of methoxy groups -OCH3 is 1. The van der Waals surface area contributed by atoms with Crippen LogP contribution in [0.4, 0.5) is 21.0 Å². The van der Waals surface area contributed by atoms with Crippen molar-refractivity contribution in [1.29, 1.82) is 0 Å². The highest BCUT2D eigenvalue weighted by atomic mass is 79.9. The van der Waals surface area contributed by atoms with E-state index < -0.39 is 17.7 Å². The second-order valence-corrected chi connectivity index (χ2v) is 11.3. The molecule has 1 atom stereocenters. The second kappa shape index (κ2) is 12.4. The first-order valence-corrected chi connectivity index (χ1v) is 13.7. The fraction of sp³-hybridized carbons (Fsp3) is 0.300. The minimum Gasteiger partial charge on any atom is -0.497 e. The van der Waals surface area contributed by atoms with E-state index in [-0.39, 0.29) is 18.5 Å². The Bertz CT molecular complexity index is 1360. The van der Waals surface area contributed by atoms with Gasteiger partial charge in [-0.05, 0) is 80.9 Å². The largest absolute Gasteiger partial charge is 0.497 e. The summed E-state index contributed by atoms with van der Waals surface area (Å²) in [5, 5.41) is 5.81. The summed E-state index contributed by atoms with van der Waals surface area (Å²) < 4.78 is 11.8. The first-order valence-electron chi connectivity index (χ1n) is 12.9. The SMILES string of the molecule is COc1ccc(C2CN(C(=O)OC(C)(C)C)CCN2C(=O)Nc2cccc(NC(=O)c3ccc(Br)cc3)c2)cc1. The van der Waals surface area contributed by atoms with Gasteiger partial charge in [0.1, 0.15) is 11.4 Å². The summed E-state index contributed by atoms with van der Waals surface area (Å²) in [5.41, 5.74) is 1.83. The van der Waals surface area contributed by atoms with Crippen LogP contribution in [0, 0.1) is 0 Å². The standard InChI is InChI=1S/C30H33BrN4O5/c1-30(2,3)40-29(38)34-16-17-35(26(19-34)20-10-14-25(39-4)15-11-20)28(37)33-24-7-5-6-23(18-24)32-27(36)21-8-12-22(31)13-9-21/h5-15,18,26H,16-17,19H2,1-4H3,(H,32,36)(H,33,37). The van der Waals surface area contributed by atoms with Crippen LogP contribution in [0.2, 0.25) is 0 Å². The number of carbonyl (C=O) groups excluding carboxylic acids is 3. The molecule has 0 bridgehead atoms. The van der Waals surface area contributed by atoms with Gasteiger partial charge in [0.2, 0.25) is 0 Å². The molecular formula is C30H33BrN4O5. The Labute approximate surface area is 242 Å². The summed E-state index contributed by atoms with van der Waals surface area (Å²) in [4.78, 5) is 42.3. The van der Waals surface area contributed by atoms with Crippen LogP contribution in [0.5, 0.6) is 5.75 Å². The monoisotopic (exact) mass is 608 g/mol. The molecule has 40 heavy (non-hydrogen) atoms. The first kappa shape index (κ1) is 28.9. The quantitative estimate of drug-likeness (QED) is 0.343. The Hall–Kier alpha value is -4.05. The Morgan fingerprint density at radius 3 is 2.17 bits per heavy atom. The number of piperazine rings is 1. The average molecular weight is 610 g/mol. The van der Waals surface area contributed by atoms with Crippen molar-refractivity contribution >= 4 is 45.3 Å². The number of rotatable bonds is 5. The summed E-state index contributed by atoms with van der Waals surface area (Å²) in [6, 6.07) is 20.7. The highest BCUT2D eigenvalue weighted by Gasteiger charge is 2.35. The van der Waals surface area contributed by atoms with Crippen LogP contribution in [-0.2, 0) is 4.74 Å². The van der Waals surface area contributed by atoms with E-state index >= 15 is 0 Å². The Balaban J connectivity index is 1.50. The van der Waals surface area contributed by atoms with E-state index in [9.17, 15) is 14.4 Å². The molecule has 0 spiro atoms. The molecule has 0 radical (unpaired) electrons. The Morgan fingerprint density at radius 2 is 1.55 bits per heavy atom. The topological polar surface area (TPSA) is 100 Å². The predicted octanol–water partition coefficient (Wildman–Crippen LogP) is 6.54. The lowest BCUT2D eigenvalue weighted by Gasteiger charge is -2.41. The third kappa shape index (κ3) is 7.53. The van der Waals surface area contributed by atoms with Crippen LogP contribution < -0.4 is 15.4 Å². The molecule has 1 aliphatic heterocycles. The first-order chi connectivity index (χ1) is 19.0. The number of hydrogen-bond donors (Lipinski definition) is 2. The summed E-state index contributed by atoms with van der Waals surface area (Å²) in [5.74, 6) is 0.440. The van der Waals surface area contributed by atoms with Crippen LogP contribution in [0.15, 0.2) is 77.3 Å². The van der Waals surface area contributed by atoms with Crippen LogP contribution in [0.25, 0.3) is 0 Å². The van der Waals surface area contributed by atoms with Gasteiger partial charge >= 0.3 is 12.1 Å². The van der Waals surface area contributed by atoms with Crippen molar-refractivity contribution in [1.82, 2.24) is 9.80 Å². The van der Waals surface area contributed by atoms with Crippen molar-refractivity contribution in [3.8, 4) is 5.75 Å². The van der Waals surface area contributed by atoms with E-state index in [2.05, 4.69) is 26.6 Å². The van der Waals surface area contributed by atoms with Crippen molar-refractivity contribution in [2.45, 2.75) is 32.4 Å². The van der Waals surface area contributed by atoms with Gasteiger partial charge in [-0.25, -0.2) is 9.59 Å². The van der Waals surface area contributed by atoms with Crippen molar-refractivity contribution in [2.75, 3.05) is 37.4 Å². The number of benzene rings is 3. The number of halogens is 1. The number of carbonyl (C=O) groups is 3. The molecule has 2 N–H and O–H groups in total. The smallest absolute Gasteiger partial charge is 0.410 e. The lowest BCUT2D eigenvalue weighted by atomic mass is 10.0. The molecule has 4 amide bonds. The zero-order valence-electron chi connectivity index (χ0n) is 22.9. The molecule has 0 aliphatic carbocycles. The third-order valence-electron chi connectivity index (χ3n) is 6.27.